The number of hydrogen-bond acceptors (Lipinski definition) is 5. The number of carbonyl (C=O) groups excluding carboxylic acids is 1. The highest BCUT2D eigenvalue weighted by Crippen LogP contribution is 2.24. The van der Waals surface area contributed by atoms with Gasteiger partial charge >= 0.3 is 0 Å². The van der Waals surface area contributed by atoms with Crippen LogP contribution in [0.25, 0.3) is 11.0 Å². The van der Waals surface area contributed by atoms with Gasteiger partial charge < -0.3 is 4.90 Å². The zero-order valence-corrected chi connectivity index (χ0v) is 18.5. The average Bonchev–Trinajstić information content (AvgIpc) is 3.17. The lowest BCUT2D eigenvalue weighted by molar-refractivity contribution is -0.132. The first kappa shape index (κ1) is 21.2. The Kier molecular flexibility index (Phi) is 6.38. The number of fused-ring (bicyclic) bond motifs is 1. The smallest absolute Gasteiger partial charge is 0.243 e. The molecular formula is C21H31N5O3S. The highest BCUT2D eigenvalue weighted by molar-refractivity contribution is 7.89. The number of carbonyl (C=O) groups is 1. The Labute approximate surface area is 178 Å². The fourth-order valence-electron chi connectivity index (χ4n) is 4.33. The van der Waals surface area contributed by atoms with Gasteiger partial charge in [0.15, 0.2) is 0 Å². The lowest BCUT2D eigenvalue weighted by atomic mass is 9.99. The minimum atomic E-state index is -3.48. The molecule has 8 nitrogen and oxygen atoms in total. The highest BCUT2D eigenvalue weighted by Gasteiger charge is 2.26. The maximum atomic E-state index is 12.9. The number of piperidine rings is 2. The number of hydrogen-bond donors (Lipinski definition) is 0. The van der Waals surface area contributed by atoms with Gasteiger partial charge in [0.1, 0.15) is 5.52 Å². The summed E-state index contributed by atoms with van der Waals surface area (Å²) in [5, 5.41) is 8.35. The topological polar surface area (TPSA) is 88.4 Å². The van der Waals surface area contributed by atoms with Crippen LogP contribution in [0.4, 0.5) is 0 Å². The van der Waals surface area contributed by atoms with Gasteiger partial charge in [-0.15, -0.1) is 5.10 Å². The third-order valence-electron chi connectivity index (χ3n) is 6.34. The van der Waals surface area contributed by atoms with E-state index in [1.165, 1.54) is 0 Å². The normalized spacial score (nSPS) is 19.4. The van der Waals surface area contributed by atoms with Crippen molar-refractivity contribution < 1.29 is 13.2 Å². The van der Waals surface area contributed by atoms with Crippen molar-refractivity contribution >= 4 is 27.0 Å². The van der Waals surface area contributed by atoms with Crippen LogP contribution in [0.3, 0.4) is 0 Å². The quantitative estimate of drug-likeness (QED) is 0.699. The van der Waals surface area contributed by atoms with E-state index in [-0.39, 0.29) is 10.8 Å². The molecule has 0 bridgehead atoms. The van der Waals surface area contributed by atoms with Crippen LogP contribution in [0.5, 0.6) is 0 Å². The van der Waals surface area contributed by atoms with Gasteiger partial charge in [-0.05, 0) is 56.2 Å². The van der Waals surface area contributed by atoms with Crippen molar-refractivity contribution in [3.05, 3.63) is 18.2 Å². The molecule has 0 saturated carbocycles. The lowest BCUT2D eigenvalue weighted by Crippen LogP contribution is -2.37. The minimum absolute atomic E-state index is 0.209. The Hall–Kier alpha value is -2.00. The van der Waals surface area contributed by atoms with Crippen LogP contribution in [0.2, 0.25) is 0 Å². The standard InChI is InChI=1S/C21H31N5O3S/c1-17-9-14-24(15-10-17)21(27)6-5-13-26-20-8-7-18(16-19(20)22-23-26)30(28,29)25-11-3-2-4-12-25/h7-8,16-17H,2-6,9-15H2,1H3. The Morgan fingerprint density at radius 1 is 1.10 bits per heavy atom. The predicted octanol–water partition coefficient (Wildman–Crippen LogP) is 2.64. The van der Waals surface area contributed by atoms with Crippen LogP contribution in [-0.2, 0) is 21.4 Å². The predicted molar refractivity (Wildman–Crippen MR) is 114 cm³/mol. The van der Waals surface area contributed by atoms with E-state index in [9.17, 15) is 13.2 Å². The molecule has 1 amide bonds. The number of sulfonamides is 1. The monoisotopic (exact) mass is 433 g/mol. The van der Waals surface area contributed by atoms with Crippen molar-refractivity contribution in [3.8, 4) is 0 Å². The number of aryl methyl sites for hydroxylation is 1. The summed E-state index contributed by atoms with van der Waals surface area (Å²) in [4.78, 5) is 14.7. The van der Waals surface area contributed by atoms with Gasteiger partial charge in [-0.2, -0.15) is 4.31 Å². The highest BCUT2D eigenvalue weighted by atomic mass is 32.2. The first-order valence-corrected chi connectivity index (χ1v) is 12.5. The molecule has 0 radical (unpaired) electrons. The zero-order chi connectivity index (χ0) is 21.1. The number of amides is 1. The summed E-state index contributed by atoms with van der Waals surface area (Å²) < 4.78 is 29.1. The molecule has 0 unspecified atom stereocenters. The summed E-state index contributed by atoms with van der Waals surface area (Å²) in [6.07, 6.45) is 6.26. The number of nitrogens with zero attached hydrogens (tertiary/aromatic N) is 5. The maximum Gasteiger partial charge on any atom is 0.243 e. The van der Waals surface area contributed by atoms with Crippen molar-refractivity contribution in [3.63, 3.8) is 0 Å². The fourth-order valence-corrected chi connectivity index (χ4v) is 5.87. The molecule has 0 aliphatic carbocycles. The van der Waals surface area contributed by atoms with Gasteiger partial charge in [0.05, 0.1) is 10.4 Å². The molecule has 2 aliphatic rings. The second-order valence-electron chi connectivity index (χ2n) is 8.59. The first-order valence-electron chi connectivity index (χ1n) is 11.1. The molecular weight excluding hydrogens is 402 g/mol. The van der Waals surface area contributed by atoms with Crippen molar-refractivity contribution in [2.24, 2.45) is 5.92 Å². The molecule has 3 heterocycles. The van der Waals surface area contributed by atoms with Crippen LogP contribution in [0.1, 0.15) is 51.9 Å². The first-order chi connectivity index (χ1) is 14.4. The fraction of sp³-hybridized carbons (Fsp3) is 0.667. The van der Waals surface area contributed by atoms with Crippen molar-refractivity contribution in [1.29, 1.82) is 0 Å². The van der Waals surface area contributed by atoms with Crippen molar-refractivity contribution in [2.75, 3.05) is 26.2 Å². The SMILES string of the molecule is CC1CCN(C(=O)CCCn2nnc3cc(S(=O)(=O)N4CCCCC4)ccc32)CC1. The maximum absolute atomic E-state index is 12.9. The van der Waals surface area contributed by atoms with Crippen LogP contribution in [0, 0.1) is 5.92 Å². The van der Waals surface area contributed by atoms with E-state index in [1.807, 2.05) is 4.90 Å². The molecule has 0 N–H and O–H groups in total. The molecule has 164 valence electrons. The van der Waals surface area contributed by atoms with Gasteiger partial charge in [-0.3, -0.25) is 4.79 Å². The molecule has 0 atom stereocenters. The van der Waals surface area contributed by atoms with E-state index >= 15 is 0 Å². The average molecular weight is 434 g/mol. The van der Waals surface area contributed by atoms with Crippen molar-refractivity contribution in [1.82, 2.24) is 24.2 Å². The van der Waals surface area contributed by atoms with Crippen LogP contribution in [-0.4, -0.2) is 64.7 Å². The second-order valence-corrected chi connectivity index (χ2v) is 10.5. The summed E-state index contributed by atoms with van der Waals surface area (Å²) in [7, 11) is -3.48. The Balaban J connectivity index is 1.38. The van der Waals surface area contributed by atoms with E-state index < -0.39 is 10.0 Å². The number of likely N-dealkylation sites (tertiary alicyclic amines) is 1. The Morgan fingerprint density at radius 3 is 2.57 bits per heavy atom. The van der Waals surface area contributed by atoms with Gasteiger partial charge in [0.2, 0.25) is 15.9 Å². The lowest BCUT2D eigenvalue weighted by Gasteiger charge is -2.30. The van der Waals surface area contributed by atoms with E-state index in [1.54, 1.807) is 27.2 Å². The van der Waals surface area contributed by atoms with E-state index in [4.69, 9.17) is 0 Å². The van der Waals surface area contributed by atoms with E-state index in [0.717, 1.165) is 50.7 Å². The van der Waals surface area contributed by atoms with E-state index in [0.29, 0.717) is 43.9 Å². The molecule has 2 saturated heterocycles. The Morgan fingerprint density at radius 2 is 1.83 bits per heavy atom. The molecule has 4 rings (SSSR count). The third-order valence-corrected chi connectivity index (χ3v) is 8.23. The van der Waals surface area contributed by atoms with Crippen LogP contribution < -0.4 is 0 Å². The van der Waals surface area contributed by atoms with Crippen LogP contribution in [0.15, 0.2) is 23.1 Å². The van der Waals surface area contributed by atoms with E-state index in [2.05, 4.69) is 17.2 Å². The summed E-state index contributed by atoms with van der Waals surface area (Å²) in [5.74, 6) is 0.917. The molecule has 1 aromatic heterocycles. The number of aromatic nitrogens is 3. The summed E-state index contributed by atoms with van der Waals surface area (Å²) in [6, 6.07) is 5.04. The zero-order valence-electron chi connectivity index (χ0n) is 17.7. The van der Waals surface area contributed by atoms with Gasteiger partial charge in [-0.1, -0.05) is 18.6 Å². The number of rotatable bonds is 6. The summed E-state index contributed by atoms with van der Waals surface area (Å²) in [6.45, 7) is 5.71. The van der Waals surface area contributed by atoms with Gasteiger partial charge in [0, 0.05) is 39.1 Å². The molecule has 2 aliphatic heterocycles. The third kappa shape index (κ3) is 4.51. The van der Waals surface area contributed by atoms with Crippen molar-refractivity contribution in [2.45, 2.75) is 63.3 Å². The molecule has 2 aromatic rings. The Bertz CT molecular complexity index is 989. The number of benzene rings is 1. The summed E-state index contributed by atoms with van der Waals surface area (Å²) in [5.41, 5.74) is 1.37. The molecule has 0 spiro atoms. The largest absolute Gasteiger partial charge is 0.343 e. The molecule has 1 aromatic carbocycles. The van der Waals surface area contributed by atoms with Crippen LogP contribution >= 0.6 is 0 Å². The van der Waals surface area contributed by atoms with Gasteiger partial charge in [-0.25, -0.2) is 13.1 Å². The molecule has 30 heavy (non-hydrogen) atoms. The molecule has 9 heteroatoms. The minimum Gasteiger partial charge on any atom is -0.343 e. The molecule has 2 fully saturated rings. The summed E-state index contributed by atoms with van der Waals surface area (Å²) >= 11 is 0. The second kappa shape index (κ2) is 9.01. The van der Waals surface area contributed by atoms with Gasteiger partial charge in [0.25, 0.3) is 0 Å².